The lowest BCUT2D eigenvalue weighted by molar-refractivity contribution is -0.115. The molecule has 0 aliphatic rings. The molecule has 4 aromatic rings. The van der Waals surface area contributed by atoms with Crippen LogP contribution in [0.5, 0.6) is 11.6 Å². The normalized spacial score (nSPS) is 10.8. The van der Waals surface area contributed by atoms with Crippen molar-refractivity contribution in [2.45, 2.75) is 27.2 Å². The van der Waals surface area contributed by atoms with Gasteiger partial charge in [0.05, 0.1) is 12.1 Å². The molecule has 0 spiro atoms. The Labute approximate surface area is 189 Å². The second kappa shape index (κ2) is 9.15. The Hall–Kier alpha value is -4.14. The van der Waals surface area contributed by atoms with Crippen molar-refractivity contribution in [2.24, 2.45) is 0 Å². The predicted octanol–water partition coefficient (Wildman–Crippen LogP) is 4.84. The lowest BCUT2D eigenvalue weighted by Crippen LogP contribution is -2.15. The molecule has 0 aliphatic carbocycles. The van der Waals surface area contributed by atoms with E-state index in [-0.39, 0.29) is 12.0 Å². The summed E-state index contributed by atoms with van der Waals surface area (Å²) in [7, 11) is 0. The molecule has 33 heavy (non-hydrogen) atoms. The van der Waals surface area contributed by atoms with E-state index in [0.29, 0.717) is 29.0 Å². The molecule has 9 heteroatoms. The maximum Gasteiger partial charge on any atom is 0.228 e. The number of amides is 1. The topological polar surface area (TPSA) is 81.9 Å². The van der Waals surface area contributed by atoms with Crippen LogP contribution in [0, 0.1) is 32.4 Å². The Morgan fingerprint density at radius 2 is 1.76 bits per heavy atom. The van der Waals surface area contributed by atoms with Gasteiger partial charge in [-0.1, -0.05) is 6.07 Å². The fourth-order valence-corrected chi connectivity index (χ4v) is 3.32. The first-order valence-electron chi connectivity index (χ1n) is 10.2. The molecule has 0 atom stereocenters. The summed E-state index contributed by atoms with van der Waals surface area (Å²) in [4.78, 5) is 20.9. The second-order valence-corrected chi connectivity index (χ2v) is 7.54. The number of benzene rings is 2. The van der Waals surface area contributed by atoms with Crippen LogP contribution in [0.3, 0.4) is 0 Å². The molecular weight excluding hydrogens is 428 g/mol. The lowest BCUT2D eigenvalue weighted by atomic mass is 10.1. The number of aromatic nitrogens is 4. The fraction of sp³-hybridized carbons (Fsp3) is 0.167. The highest BCUT2D eigenvalue weighted by Gasteiger charge is 2.12. The van der Waals surface area contributed by atoms with Crippen LogP contribution in [0.15, 0.2) is 54.6 Å². The summed E-state index contributed by atoms with van der Waals surface area (Å²) in [6, 6.07) is 13.4. The summed E-state index contributed by atoms with van der Waals surface area (Å²) in [6.45, 7) is 5.62. The molecule has 2 aromatic carbocycles. The van der Waals surface area contributed by atoms with Crippen molar-refractivity contribution in [1.82, 2.24) is 19.7 Å². The van der Waals surface area contributed by atoms with Crippen molar-refractivity contribution >= 4 is 11.6 Å². The van der Waals surface area contributed by atoms with Crippen molar-refractivity contribution in [2.75, 3.05) is 5.32 Å². The van der Waals surface area contributed by atoms with Crippen molar-refractivity contribution in [1.29, 1.82) is 0 Å². The zero-order valence-corrected chi connectivity index (χ0v) is 18.3. The number of ether oxygens (including phenoxy) is 1. The van der Waals surface area contributed by atoms with Gasteiger partial charge in [0.1, 0.15) is 23.2 Å². The number of nitrogens with zero attached hydrogens (tertiary/aromatic N) is 4. The number of aryl methyl sites for hydroxylation is 3. The average Bonchev–Trinajstić information content (AvgIpc) is 3.09. The van der Waals surface area contributed by atoms with Crippen LogP contribution < -0.4 is 10.1 Å². The fourth-order valence-electron chi connectivity index (χ4n) is 3.32. The molecule has 1 N–H and O–H groups in total. The summed E-state index contributed by atoms with van der Waals surface area (Å²) >= 11 is 0. The highest BCUT2D eigenvalue weighted by Crippen LogP contribution is 2.24. The van der Waals surface area contributed by atoms with Crippen molar-refractivity contribution in [3.63, 3.8) is 0 Å². The lowest BCUT2D eigenvalue weighted by Gasteiger charge is -2.10. The van der Waals surface area contributed by atoms with Gasteiger partial charge in [-0.05, 0) is 62.7 Å². The molecule has 0 saturated heterocycles. The molecule has 0 saturated carbocycles. The average molecular weight is 449 g/mol. The van der Waals surface area contributed by atoms with Crippen LogP contribution in [-0.4, -0.2) is 25.7 Å². The van der Waals surface area contributed by atoms with Crippen LogP contribution in [-0.2, 0) is 11.2 Å². The van der Waals surface area contributed by atoms with Crippen LogP contribution in [0.4, 0.5) is 14.5 Å². The van der Waals surface area contributed by atoms with E-state index in [0.717, 1.165) is 23.5 Å². The van der Waals surface area contributed by atoms with Crippen molar-refractivity contribution in [3.05, 3.63) is 89.0 Å². The summed E-state index contributed by atoms with van der Waals surface area (Å²) in [6.07, 6.45) is -0.209. The number of halogens is 2. The highest BCUT2D eigenvalue weighted by molar-refractivity contribution is 5.92. The number of carbonyl (C=O) groups is 1. The van der Waals surface area contributed by atoms with Gasteiger partial charge < -0.3 is 10.1 Å². The van der Waals surface area contributed by atoms with Crippen LogP contribution in [0.25, 0.3) is 5.82 Å². The van der Waals surface area contributed by atoms with Gasteiger partial charge in [-0.2, -0.15) is 10.1 Å². The second-order valence-electron chi connectivity index (χ2n) is 7.54. The number of nitrogens with one attached hydrogen (secondary N) is 1. The van der Waals surface area contributed by atoms with Gasteiger partial charge in [0.25, 0.3) is 0 Å². The minimum absolute atomic E-state index is 0.117. The van der Waals surface area contributed by atoms with Gasteiger partial charge in [-0.15, -0.1) is 0 Å². The zero-order valence-electron chi connectivity index (χ0n) is 18.3. The van der Waals surface area contributed by atoms with E-state index in [1.165, 1.54) is 6.07 Å². The number of carbonyl (C=O) groups excluding carboxylic acids is 1. The van der Waals surface area contributed by atoms with Gasteiger partial charge in [0.2, 0.25) is 11.8 Å². The summed E-state index contributed by atoms with van der Waals surface area (Å²) in [5.74, 6) is 0.132. The van der Waals surface area contributed by atoms with E-state index in [1.54, 1.807) is 41.9 Å². The van der Waals surface area contributed by atoms with E-state index in [4.69, 9.17) is 4.74 Å². The molecule has 4 rings (SSSR count). The van der Waals surface area contributed by atoms with E-state index in [2.05, 4.69) is 20.4 Å². The van der Waals surface area contributed by atoms with Crippen LogP contribution >= 0.6 is 0 Å². The molecular formula is C24H21F2N5O2. The molecule has 0 unspecified atom stereocenters. The molecule has 0 radical (unpaired) electrons. The minimum Gasteiger partial charge on any atom is -0.439 e. The minimum atomic E-state index is -0.756. The van der Waals surface area contributed by atoms with Crippen LogP contribution in [0.1, 0.15) is 22.8 Å². The maximum absolute atomic E-state index is 13.7. The number of rotatable bonds is 6. The van der Waals surface area contributed by atoms with E-state index in [9.17, 15) is 13.6 Å². The SMILES string of the molecule is Cc1cc(C)n(-c2cc(Oc3ccc(NC(=O)Cc4ccc(F)cc4F)cc3)nc(C)n2)n1. The third kappa shape index (κ3) is 5.38. The maximum atomic E-state index is 13.7. The standard InChI is InChI=1S/C24H21F2N5O2/c1-14-10-15(2)31(30-14)22-13-24(28-16(3)27-22)33-20-8-6-19(7-9-20)29-23(32)11-17-4-5-18(25)12-21(17)26/h4-10,12-13H,11H2,1-3H3,(H,29,32). The molecule has 0 aliphatic heterocycles. The first-order valence-corrected chi connectivity index (χ1v) is 10.2. The number of hydrogen-bond acceptors (Lipinski definition) is 5. The Kier molecular flexibility index (Phi) is 6.12. The van der Waals surface area contributed by atoms with Gasteiger partial charge in [0, 0.05) is 23.5 Å². The molecule has 1 amide bonds. The van der Waals surface area contributed by atoms with Gasteiger partial charge >= 0.3 is 0 Å². The Morgan fingerprint density at radius 3 is 2.42 bits per heavy atom. The zero-order chi connectivity index (χ0) is 23.5. The monoisotopic (exact) mass is 449 g/mol. The van der Waals surface area contributed by atoms with Gasteiger partial charge in [0.15, 0.2) is 5.82 Å². The van der Waals surface area contributed by atoms with E-state index in [1.807, 2.05) is 19.9 Å². The molecule has 0 bridgehead atoms. The summed E-state index contributed by atoms with van der Waals surface area (Å²) < 4.78 is 34.3. The summed E-state index contributed by atoms with van der Waals surface area (Å²) in [5, 5.41) is 7.12. The number of anilines is 1. The van der Waals surface area contributed by atoms with Crippen molar-refractivity contribution < 1.29 is 18.3 Å². The molecule has 2 aromatic heterocycles. The molecule has 2 heterocycles. The number of hydrogen-bond donors (Lipinski definition) is 1. The highest BCUT2D eigenvalue weighted by atomic mass is 19.1. The first kappa shape index (κ1) is 22.1. The predicted molar refractivity (Wildman–Crippen MR) is 119 cm³/mol. The van der Waals surface area contributed by atoms with Gasteiger partial charge in [-0.3, -0.25) is 4.79 Å². The Bertz CT molecular complexity index is 1320. The molecule has 0 fully saturated rings. The van der Waals surface area contributed by atoms with E-state index >= 15 is 0 Å². The third-order valence-electron chi connectivity index (χ3n) is 4.75. The third-order valence-corrected chi connectivity index (χ3v) is 4.75. The van der Waals surface area contributed by atoms with Crippen molar-refractivity contribution in [3.8, 4) is 17.4 Å². The van der Waals surface area contributed by atoms with Crippen LogP contribution in [0.2, 0.25) is 0 Å². The Morgan fingerprint density at radius 1 is 1.00 bits per heavy atom. The first-order chi connectivity index (χ1) is 15.8. The van der Waals surface area contributed by atoms with E-state index < -0.39 is 17.5 Å². The summed E-state index contributed by atoms with van der Waals surface area (Å²) in [5.41, 5.74) is 2.45. The smallest absolute Gasteiger partial charge is 0.228 e. The molecule has 168 valence electrons. The Balaban J connectivity index is 1.43. The molecule has 7 nitrogen and oxygen atoms in total. The van der Waals surface area contributed by atoms with Gasteiger partial charge in [-0.25, -0.2) is 18.4 Å². The quantitative estimate of drug-likeness (QED) is 0.456. The largest absolute Gasteiger partial charge is 0.439 e.